The van der Waals surface area contributed by atoms with Crippen LogP contribution in [-0.2, 0) is 12.1 Å². The Morgan fingerprint density at radius 2 is 2.14 bits per heavy atom. The first-order chi connectivity index (χ1) is 6.61. The first-order valence-electron chi connectivity index (χ1n) is 5.25. The highest BCUT2D eigenvalue weighted by molar-refractivity contribution is 5.01. The lowest BCUT2D eigenvalue weighted by molar-refractivity contribution is 0.371. The maximum Gasteiger partial charge on any atom is 0.152 e. The van der Waals surface area contributed by atoms with Crippen LogP contribution in [0.2, 0.25) is 0 Å². The molecule has 0 atom stereocenters. The zero-order valence-electron chi connectivity index (χ0n) is 9.54. The number of hydrogen-bond donors (Lipinski definition) is 1. The van der Waals surface area contributed by atoms with Crippen molar-refractivity contribution in [2.75, 3.05) is 6.54 Å². The predicted molar refractivity (Wildman–Crippen MR) is 57.0 cm³/mol. The maximum atomic E-state index is 4.18. The summed E-state index contributed by atoms with van der Waals surface area (Å²) in [7, 11) is 0. The van der Waals surface area contributed by atoms with Crippen LogP contribution < -0.4 is 5.32 Å². The average Bonchev–Trinajstić information content (AvgIpc) is 2.53. The van der Waals surface area contributed by atoms with Crippen molar-refractivity contribution in [1.29, 1.82) is 0 Å². The lowest BCUT2D eigenvalue weighted by Crippen LogP contribution is -2.38. The molecular weight excluding hydrogens is 176 g/mol. The Morgan fingerprint density at radius 1 is 1.43 bits per heavy atom. The van der Waals surface area contributed by atoms with Gasteiger partial charge in [-0.3, -0.25) is 0 Å². The van der Waals surface area contributed by atoms with Crippen LogP contribution in [0.5, 0.6) is 0 Å². The number of nitrogens with zero attached hydrogens (tertiary/aromatic N) is 3. The summed E-state index contributed by atoms with van der Waals surface area (Å²) in [5, 5.41) is 11.5. The quantitative estimate of drug-likeness (QED) is 0.776. The normalized spacial score (nSPS) is 12.0. The molecule has 4 nitrogen and oxygen atoms in total. The molecule has 0 aliphatic rings. The molecule has 0 fully saturated rings. The van der Waals surface area contributed by atoms with Gasteiger partial charge in [-0.2, -0.15) is 0 Å². The van der Waals surface area contributed by atoms with Crippen molar-refractivity contribution in [2.24, 2.45) is 0 Å². The molecule has 0 aliphatic heterocycles. The molecule has 0 aliphatic carbocycles. The zero-order valence-corrected chi connectivity index (χ0v) is 9.54. The Labute approximate surface area is 85.7 Å². The number of hydrogen-bond acceptors (Lipinski definition) is 3. The van der Waals surface area contributed by atoms with Crippen molar-refractivity contribution in [1.82, 2.24) is 20.1 Å². The standard InChI is InChI=1S/C10H20N4/c1-5-7-14-8-12-13-9(14)10(3,4)11-6-2/h8,11H,5-7H2,1-4H3. The summed E-state index contributed by atoms with van der Waals surface area (Å²) in [6.07, 6.45) is 2.91. The molecule has 0 amide bonds. The summed E-state index contributed by atoms with van der Waals surface area (Å²) < 4.78 is 2.11. The summed E-state index contributed by atoms with van der Waals surface area (Å²) in [5.74, 6) is 1.02. The van der Waals surface area contributed by atoms with Gasteiger partial charge in [-0.25, -0.2) is 0 Å². The van der Waals surface area contributed by atoms with E-state index in [0.717, 1.165) is 25.3 Å². The summed E-state index contributed by atoms with van der Waals surface area (Å²) in [6.45, 7) is 10.4. The lowest BCUT2D eigenvalue weighted by atomic mass is 10.0. The summed E-state index contributed by atoms with van der Waals surface area (Å²) in [6, 6.07) is 0. The highest BCUT2D eigenvalue weighted by atomic mass is 15.3. The van der Waals surface area contributed by atoms with Gasteiger partial charge in [-0.1, -0.05) is 13.8 Å². The molecule has 14 heavy (non-hydrogen) atoms. The van der Waals surface area contributed by atoms with Gasteiger partial charge in [0, 0.05) is 6.54 Å². The zero-order chi connectivity index (χ0) is 10.6. The summed E-state index contributed by atoms with van der Waals surface area (Å²) in [5.41, 5.74) is -0.0968. The molecule has 80 valence electrons. The van der Waals surface area contributed by atoms with E-state index in [2.05, 4.69) is 47.8 Å². The van der Waals surface area contributed by atoms with Crippen LogP contribution in [0, 0.1) is 0 Å². The predicted octanol–water partition coefficient (Wildman–Crippen LogP) is 1.53. The number of rotatable bonds is 5. The third-order valence-electron chi connectivity index (χ3n) is 2.26. The molecule has 0 radical (unpaired) electrons. The van der Waals surface area contributed by atoms with Gasteiger partial charge in [0.25, 0.3) is 0 Å². The van der Waals surface area contributed by atoms with Crippen LogP contribution in [0.1, 0.15) is 39.9 Å². The van der Waals surface area contributed by atoms with E-state index < -0.39 is 0 Å². The third-order valence-corrected chi connectivity index (χ3v) is 2.26. The molecule has 0 bridgehead atoms. The van der Waals surface area contributed by atoms with Crippen molar-refractivity contribution in [3.63, 3.8) is 0 Å². The second-order valence-corrected chi connectivity index (χ2v) is 4.00. The van der Waals surface area contributed by atoms with Crippen molar-refractivity contribution < 1.29 is 0 Å². The smallest absolute Gasteiger partial charge is 0.152 e. The van der Waals surface area contributed by atoms with Gasteiger partial charge < -0.3 is 9.88 Å². The third kappa shape index (κ3) is 2.32. The number of nitrogens with one attached hydrogen (secondary N) is 1. The van der Waals surface area contributed by atoms with Crippen LogP contribution in [0.3, 0.4) is 0 Å². The van der Waals surface area contributed by atoms with E-state index in [4.69, 9.17) is 0 Å². The largest absolute Gasteiger partial charge is 0.316 e. The molecule has 4 heteroatoms. The molecule has 1 aromatic rings. The van der Waals surface area contributed by atoms with E-state index in [0.29, 0.717) is 0 Å². The topological polar surface area (TPSA) is 42.7 Å². The minimum absolute atomic E-state index is 0.0968. The molecule has 0 unspecified atom stereocenters. The SMILES string of the molecule is CCCn1cnnc1C(C)(C)NCC. The van der Waals surface area contributed by atoms with Crippen LogP contribution in [0.15, 0.2) is 6.33 Å². The van der Waals surface area contributed by atoms with E-state index in [9.17, 15) is 0 Å². The second-order valence-electron chi connectivity index (χ2n) is 4.00. The fraction of sp³-hybridized carbons (Fsp3) is 0.800. The Kier molecular flexibility index (Phi) is 3.63. The van der Waals surface area contributed by atoms with Crippen molar-refractivity contribution in [2.45, 2.75) is 46.2 Å². The van der Waals surface area contributed by atoms with Crippen LogP contribution in [0.25, 0.3) is 0 Å². The fourth-order valence-corrected chi connectivity index (χ4v) is 1.66. The summed E-state index contributed by atoms with van der Waals surface area (Å²) >= 11 is 0. The number of aryl methyl sites for hydroxylation is 1. The molecule has 0 saturated carbocycles. The second kappa shape index (κ2) is 4.55. The first-order valence-corrected chi connectivity index (χ1v) is 5.25. The Balaban J connectivity index is 2.87. The van der Waals surface area contributed by atoms with Crippen LogP contribution >= 0.6 is 0 Å². The fourth-order valence-electron chi connectivity index (χ4n) is 1.66. The Hall–Kier alpha value is -0.900. The van der Waals surface area contributed by atoms with Gasteiger partial charge in [-0.15, -0.1) is 10.2 Å². The Morgan fingerprint density at radius 3 is 2.71 bits per heavy atom. The van der Waals surface area contributed by atoms with Gasteiger partial charge >= 0.3 is 0 Å². The van der Waals surface area contributed by atoms with E-state index in [1.807, 2.05) is 0 Å². The Bertz CT molecular complexity index is 277. The van der Waals surface area contributed by atoms with Gasteiger partial charge in [0.15, 0.2) is 5.82 Å². The van der Waals surface area contributed by atoms with Gasteiger partial charge in [0.1, 0.15) is 6.33 Å². The minimum Gasteiger partial charge on any atom is -0.316 e. The first kappa shape index (κ1) is 11.2. The maximum absolute atomic E-state index is 4.18. The van der Waals surface area contributed by atoms with Gasteiger partial charge in [-0.05, 0) is 26.8 Å². The lowest BCUT2D eigenvalue weighted by Gasteiger charge is -2.25. The van der Waals surface area contributed by atoms with Crippen LogP contribution in [-0.4, -0.2) is 21.3 Å². The van der Waals surface area contributed by atoms with Gasteiger partial charge in [0.2, 0.25) is 0 Å². The van der Waals surface area contributed by atoms with E-state index in [-0.39, 0.29) is 5.54 Å². The minimum atomic E-state index is -0.0968. The monoisotopic (exact) mass is 196 g/mol. The molecule has 0 spiro atoms. The average molecular weight is 196 g/mol. The summed E-state index contributed by atoms with van der Waals surface area (Å²) in [4.78, 5) is 0. The molecule has 1 aromatic heterocycles. The van der Waals surface area contributed by atoms with E-state index >= 15 is 0 Å². The highest BCUT2D eigenvalue weighted by Gasteiger charge is 2.24. The molecule has 1 rings (SSSR count). The molecular formula is C10H20N4. The van der Waals surface area contributed by atoms with Crippen molar-refractivity contribution in [3.05, 3.63) is 12.2 Å². The molecule has 0 saturated heterocycles. The number of aromatic nitrogens is 3. The van der Waals surface area contributed by atoms with Crippen LogP contribution in [0.4, 0.5) is 0 Å². The molecule has 1 N–H and O–H groups in total. The molecule has 0 aromatic carbocycles. The van der Waals surface area contributed by atoms with E-state index in [1.54, 1.807) is 6.33 Å². The van der Waals surface area contributed by atoms with E-state index in [1.165, 1.54) is 0 Å². The van der Waals surface area contributed by atoms with Crippen molar-refractivity contribution >= 4 is 0 Å². The highest BCUT2D eigenvalue weighted by Crippen LogP contribution is 2.17. The molecule has 1 heterocycles. The van der Waals surface area contributed by atoms with Crippen molar-refractivity contribution in [3.8, 4) is 0 Å². The van der Waals surface area contributed by atoms with Gasteiger partial charge in [0.05, 0.1) is 5.54 Å².